The van der Waals surface area contributed by atoms with Gasteiger partial charge >= 0.3 is 0 Å². The van der Waals surface area contributed by atoms with Gasteiger partial charge in [0.15, 0.2) is 0 Å². The molecule has 0 saturated carbocycles. The maximum Gasteiger partial charge on any atom is 0.0944 e. The largest absolute Gasteiger partial charge is 0.146 e. The molecule has 0 saturated heterocycles. The molecule has 0 radical (unpaired) electrons. The summed E-state index contributed by atoms with van der Waals surface area (Å²) in [6, 6.07) is 27.1. The Morgan fingerprint density at radius 1 is 0.556 bits per heavy atom. The summed E-state index contributed by atoms with van der Waals surface area (Å²) in [7, 11) is 0. The van der Waals surface area contributed by atoms with Crippen molar-refractivity contribution in [3.8, 4) is 22.3 Å². The molecule has 3 aromatic carbocycles. The van der Waals surface area contributed by atoms with Gasteiger partial charge in [0.1, 0.15) is 0 Å². The number of benzene rings is 3. The normalized spacial score (nSPS) is 15.4. The first-order valence-electron chi connectivity index (χ1n) is 11.8. The van der Waals surface area contributed by atoms with Crippen LogP contribution in [0.2, 0.25) is 0 Å². The molecule has 178 valence electrons. The minimum absolute atomic E-state index is 0.385. The third-order valence-corrected chi connectivity index (χ3v) is 14.7. The fourth-order valence-electron chi connectivity index (χ4n) is 4.89. The van der Waals surface area contributed by atoms with E-state index in [-0.39, 0.29) is 0 Å². The number of thiophene rings is 2. The molecule has 0 bridgehead atoms. The van der Waals surface area contributed by atoms with E-state index in [4.69, 9.17) is 0 Å². The summed E-state index contributed by atoms with van der Waals surface area (Å²) >= 11 is 11.9. The average molecular weight is 575 g/mol. The Hall–Kier alpha value is -1.54. The fraction of sp³-hybridized carbons (Fsp3) is 0.133. The van der Waals surface area contributed by atoms with E-state index in [0.717, 1.165) is 0 Å². The second-order valence-corrected chi connectivity index (χ2v) is 16.0. The third kappa shape index (κ3) is 4.20. The van der Waals surface area contributed by atoms with E-state index >= 15 is 0 Å². The molecule has 0 aliphatic carbocycles. The number of aryl methyl sites for hydroxylation is 2. The van der Waals surface area contributed by atoms with Crippen LogP contribution in [0.4, 0.5) is 0 Å². The van der Waals surface area contributed by atoms with Crippen molar-refractivity contribution in [2.75, 3.05) is 0 Å². The van der Waals surface area contributed by atoms with Crippen molar-refractivity contribution in [1.82, 2.24) is 0 Å². The first kappa shape index (κ1) is 23.6. The molecule has 0 amide bonds. The van der Waals surface area contributed by atoms with Crippen LogP contribution in [-0.2, 0) is 0 Å². The first-order chi connectivity index (χ1) is 17.6. The van der Waals surface area contributed by atoms with Gasteiger partial charge in [-0.1, -0.05) is 53.6 Å². The molecule has 2 aromatic heterocycles. The van der Waals surface area contributed by atoms with Gasteiger partial charge in [-0.25, -0.2) is 0 Å². The highest BCUT2D eigenvalue weighted by Crippen LogP contribution is 2.63. The van der Waals surface area contributed by atoms with Gasteiger partial charge in [0.05, 0.1) is 9.16 Å². The second kappa shape index (κ2) is 9.64. The molecular weight excluding hydrogens is 553 g/mol. The molecule has 0 unspecified atom stereocenters. The SMILES string of the molecule is Cc1cc(C)cc(-c2csc(C3Sc4ccccc4S3)c2-c2ccsc2C2Sc3ccccc3S2)c1. The zero-order chi connectivity index (χ0) is 24.2. The summed E-state index contributed by atoms with van der Waals surface area (Å²) in [5, 5.41) is 4.71. The lowest BCUT2D eigenvalue weighted by Crippen LogP contribution is -1.92. The maximum atomic E-state index is 2.41. The second-order valence-electron chi connectivity index (χ2n) is 8.99. The lowest BCUT2D eigenvalue weighted by molar-refractivity contribution is 1.27. The van der Waals surface area contributed by atoms with Crippen LogP contribution >= 0.6 is 69.7 Å². The highest BCUT2D eigenvalue weighted by molar-refractivity contribution is 8.19. The Kier molecular flexibility index (Phi) is 6.31. The van der Waals surface area contributed by atoms with Crippen LogP contribution in [-0.4, -0.2) is 0 Å². The molecule has 0 nitrogen and oxygen atoms in total. The summed E-state index contributed by atoms with van der Waals surface area (Å²) in [4.78, 5) is 8.59. The molecule has 2 aliphatic rings. The van der Waals surface area contributed by atoms with Crippen molar-refractivity contribution < 1.29 is 0 Å². The van der Waals surface area contributed by atoms with E-state index in [1.807, 2.05) is 69.7 Å². The van der Waals surface area contributed by atoms with Crippen molar-refractivity contribution >= 4 is 69.7 Å². The number of rotatable bonds is 4. The van der Waals surface area contributed by atoms with E-state index in [9.17, 15) is 0 Å². The van der Waals surface area contributed by atoms with E-state index < -0.39 is 0 Å². The summed E-state index contributed by atoms with van der Waals surface area (Å²) < 4.78 is 0.786. The molecule has 6 heteroatoms. The van der Waals surface area contributed by atoms with Gasteiger partial charge in [-0.05, 0) is 66.1 Å². The van der Waals surface area contributed by atoms with E-state index in [2.05, 4.69) is 97.4 Å². The third-order valence-electron chi connectivity index (χ3n) is 6.38. The predicted octanol–water partition coefficient (Wildman–Crippen LogP) is 11.6. The predicted molar refractivity (Wildman–Crippen MR) is 164 cm³/mol. The number of hydrogen-bond donors (Lipinski definition) is 0. The molecule has 36 heavy (non-hydrogen) atoms. The average Bonchev–Trinajstić information content (AvgIpc) is 3.66. The number of thioether (sulfide) groups is 4. The minimum Gasteiger partial charge on any atom is -0.146 e. The highest BCUT2D eigenvalue weighted by atomic mass is 32.2. The molecule has 5 aromatic rings. The lowest BCUT2D eigenvalue weighted by atomic mass is 9.95. The fourth-order valence-corrected chi connectivity index (χ4v) is 13.3. The van der Waals surface area contributed by atoms with Crippen LogP contribution in [0, 0.1) is 13.8 Å². The Morgan fingerprint density at radius 3 is 1.64 bits per heavy atom. The zero-order valence-electron chi connectivity index (χ0n) is 19.7. The summed E-state index contributed by atoms with van der Waals surface area (Å²) in [6.07, 6.45) is 0. The van der Waals surface area contributed by atoms with Crippen molar-refractivity contribution in [1.29, 1.82) is 0 Å². The number of hydrogen-bond acceptors (Lipinski definition) is 6. The standard InChI is InChI=1S/C30H22S6/c1-17-13-18(2)15-19(14-17)21-16-32-28(30-35-24-9-5-6-10-25(24)36-30)26(21)20-11-12-31-27(20)29-33-22-7-3-4-8-23(22)34-29/h3-16,29-30H,1-2H3. The Labute approximate surface area is 237 Å². The summed E-state index contributed by atoms with van der Waals surface area (Å²) in [5.74, 6) is 0. The van der Waals surface area contributed by atoms with Crippen molar-refractivity contribution in [3.05, 3.63) is 104 Å². The van der Waals surface area contributed by atoms with Gasteiger partial charge in [-0.15, -0.1) is 69.7 Å². The lowest BCUT2D eigenvalue weighted by Gasteiger charge is -2.16. The van der Waals surface area contributed by atoms with Crippen LogP contribution in [0.15, 0.2) is 103 Å². The van der Waals surface area contributed by atoms with Gasteiger partial charge in [0.25, 0.3) is 0 Å². The van der Waals surface area contributed by atoms with Crippen LogP contribution in [0.1, 0.15) is 30.0 Å². The molecular formula is C30H22S6. The van der Waals surface area contributed by atoms with Gasteiger partial charge in [-0.2, -0.15) is 0 Å². The van der Waals surface area contributed by atoms with Gasteiger partial charge in [-0.3, -0.25) is 0 Å². The van der Waals surface area contributed by atoms with Crippen molar-refractivity contribution in [2.45, 2.75) is 42.6 Å². The quantitative estimate of drug-likeness (QED) is 0.209. The van der Waals surface area contributed by atoms with Crippen molar-refractivity contribution in [3.63, 3.8) is 0 Å². The molecule has 0 atom stereocenters. The van der Waals surface area contributed by atoms with E-state index in [1.165, 1.54) is 62.7 Å². The molecule has 7 rings (SSSR count). The van der Waals surface area contributed by atoms with Crippen LogP contribution in [0.3, 0.4) is 0 Å². The smallest absolute Gasteiger partial charge is 0.0944 e. The van der Waals surface area contributed by atoms with Crippen LogP contribution < -0.4 is 0 Å². The molecule has 2 aliphatic heterocycles. The Morgan fingerprint density at radius 2 is 1.08 bits per heavy atom. The topological polar surface area (TPSA) is 0 Å². The van der Waals surface area contributed by atoms with Gasteiger partial charge in [0, 0.05) is 40.5 Å². The minimum atomic E-state index is 0.385. The monoisotopic (exact) mass is 574 g/mol. The molecule has 0 spiro atoms. The Balaban J connectivity index is 1.36. The number of fused-ring (bicyclic) bond motifs is 2. The van der Waals surface area contributed by atoms with E-state index in [0.29, 0.717) is 9.16 Å². The first-order valence-corrected chi connectivity index (χ1v) is 17.0. The summed E-state index contributed by atoms with van der Waals surface area (Å²) in [6.45, 7) is 4.42. The Bertz CT molecular complexity index is 1520. The van der Waals surface area contributed by atoms with Gasteiger partial charge < -0.3 is 0 Å². The highest BCUT2D eigenvalue weighted by Gasteiger charge is 2.33. The molecule has 0 N–H and O–H groups in total. The van der Waals surface area contributed by atoms with Crippen LogP contribution in [0.25, 0.3) is 22.3 Å². The summed E-state index contributed by atoms with van der Waals surface area (Å²) in [5.41, 5.74) is 8.22. The molecule has 0 fully saturated rings. The molecule has 4 heterocycles. The van der Waals surface area contributed by atoms with Crippen LogP contribution in [0.5, 0.6) is 0 Å². The van der Waals surface area contributed by atoms with E-state index in [1.54, 1.807) is 0 Å². The maximum absolute atomic E-state index is 2.41. The zero-order valence-corrected chi connectivity index (χ0v) is 24.6. The van der Waals surface area contributed by atoms with Crippen molar-refractivity contribution in [2.24, 2.45) is 0 Å². The van der Waals surface area contributed by atoms with Gasteiger partial charge in [0.2, 0.25) is 0 Å².